The van der Waals surface area contributed by atoms with E-state index in [-0.39, 0.29) is 5.91 Å². The smallest absolute Gasteiger partial charge is 0.267 e. The molecule has 0 aromatic heterocycles. The lowest BCUT2D eigenvalue weighted by molar-refractivity contribution is -0.125. The molecule has 4 nitrogen and oxygen atoms in total. The number of hydrogen-bond acceptors (Lipinski definition) is 3. The third kappa shape index (κ3) is 2.48. The molecule has 1 aromatic carbocycles. The van der Waals surface area contributed by atoms with E-state index in [1.165, 1.54) is 5.56 Å². The summed E-state index contributed by atoms with van der Waals surface area (Å²) in [5.41, 5.74) is 2.11. The highest BCUT2D eigenvalue weighted by Gasteiger charge is 2.28. The number of aryl methyl sites for hydroxylation is 1. The van der Waals surface area contributed by atoms with Crippen molar-refractivity contribution in [2.75, 3.05) is 25.5 Å². The summed E-state index contributed by atoms with van der Waals surface area (Å²) in [6, 6.07) is 6.08. The Morgan fingerprint density at radius 1 is 1.44 bits per heavy atom. The molecule has 0 saturated heterocycles. The molecule has 1 amide bonds. The first-order valence-corrected chi connectivity index (χ1v) is 6.35. The van der Waals surface area contributed by atoms with Crippen molar-refractivity contribution in [1.29, 1.82) is 0 Å². The van der Waals surface area contributed by atoms with Crippen LogP contribution in [0.4, 0.5) is 5.69 Å². The highest BCUT2D eigenvalue weighted by Crippen LogP contribution is 2.34. The zero-order valence-electron chi connectivity index (χ0n) is 11.2. The molecule has 2 rings (SSSR count). The summed E-state index contributed by atoms with van der Waals surface area (Å²) in [5, 5.41) is 3.14. The maximum atomic E-state index is 11.8. The van der Waals surface area contributed by atoms with Crippen LogP contribution in [-0.4, -0.2) is 32.7 Å². The van der Waals surface area contributed by atoms with E-state index >= 15 is 0 Å². The predicted molar refractivity (Wildman–Crippen MR) is 72.2 cm³/mol. The van der Waals surface area contributed by atoms with Crippen LogP contribution >= 0.6 is 0 Å². The number of ether oxygens (including phenoxy) is 1. The van der Waals surface area contributed by atoms with E-state index in [0.717, 1.165) is 30.8 Å². The molecule has 1 aliphatic rings. The monoisotopic (exact) mass is 248 g/mol. The number of carbonyl (C=O) groups is 1. The average Bonchev–Trinajstić information content (AvgIpc) is 2.36. The van der Waals surface area contributed by atoms with Gasteiger partial charge in [0.05, 0.1) is 5.69 Å². The molecule has 0 fully saturated rings. The number of likely N-dealkylation sites (N-methyl/N-ethyl adjacent to an activating group) is 1. The lowest BCUT2D eigenvalue weighted by Crippen LogP contribution is -2.41. The number of hydrogen-bond donors (Lipinski definition) is 1. The molecular formula is C14H20N2O2. The van der Waals surface area contributed by atoms with E-state index in [2.05, 4.69) is 11.4 Å². The molecule has 1 aromatic rings. The van der Waals surface area contributed by atoms with Gasteiger partial charge in [-0.05, 0) is 51.1 Å². The Morgan fingerprint density at radius 2 is 2.22 bits per heavy atom. The van der Waals surface area contributed by atoms with Gasteiger partial charge in [0.15, 0.2) is 6.10 Å². The number of benzene rings is 1. The molecule has 1 unspecified atom stereocenters. The summed E-state index contributed by atoms with van der Waals surface area (Å²) in [4.78, 5) is 13.4. The van der Waals surface area contributed by atoms with Crippen molar-refractivity contribution in [3.05, 3.63) is 23.8 Å². The second-order valence-corrected chi connectivity index (χ2v) is 4.67. The third-order valence-electron chi connectivity index (χ3n) is 3.26. The fourth-order valence-electron chi connectivity index (χ4n) is 2.19. The van der Waals surface area contributed by atoms with Crippen LogP contribution in [0.15, 0.2) is 18.2 Å². The Hall–Kier alpha value is -1.55. The van der Waals surface area contributed by atoms with Gasteiger partial charge in [-0.25, -0.2) is 0 Å². The van der Waals surface area contributed by atoms with E-state index < -0.39 is 6.10 Å². The molecule has 0 spiro atoms. The highest BCUT2D eigenvalue weighted by molar-refractivity contribution is 5.99. The minimum Gasteiger partial charge on any atom is -0.479 e. The van der Waals surface area contributed by atoms with Crippen LogP contribution in [0, 0.1) is 0 Å². The number of fused-ring (bicyclic) bond motifs is 1. The SMILES string of the molecule is CNCCCc1ccc2c(c1)OC(C)C(=O)N2C. The molecule has 1 atom stereocenters. The zero-order valence-corrected chi connectivity index (χ0v) is 11.2. The normalized spacial score (nSPS) is 18.5. The van der Waals surface area contributed by atoms with Gasteiger partial charge in [-0.1, -0.05) is 6.07 Å². The zero-order chi connectivity index (χ0) is 13.1. The van der Waals surface area contributed by atoms with E-state index in [1.54, 1.807) is 18.9 Å². The first-order valence-electron chi connectivity index (χ1n) is 6.35. The maximum Gasteiger partial charge on any atom is 0.267 e. The summed E-state index contributed by atoms with van der Waals surface area (Å²) >= 11 is 0. The first-order chi connectivity index (χ1) is 8.63. The topological polar surface area (TPSA) is 41.6 Å². The Balaban J connectivity index is 2.17. The van der Waals surface area contributed by atoms with Crippen molar-refractivity contribution >= 4 is 11.6 Å². The van der Waals surface area contributed by atoms with Gasteiger partial charge in [-0.15, -0.1) is 0 Å². The molecule has 0 saturated carbocycles. The molecule has 0 bridgehead atoms. The summed E-state index contributed by atoms with van der Waals surface area (Å²) in [5.74, 6) is 0.817. The van der Waals surface area contributed by atoms with Gasteiger partial charge in [0.25, 0.3) is 5.91 Å². The second kappa shape index (κ2) is 5.40. The minimum atomic E-state index is -0.393. The third-order valence-corrected chi connectivity index (χ3v) is 3.26. The quantitative estimate of drug-likeness (QED) is 0.823. The van der Waals surface area contributed by atoms with Crippen molar-refractivity contribution in [3.63, 3.8) is 0 Å². The predicted octanol–water partition coefficient (Wildman–Crippen LogP) is 1.58. The molecule has 18 heavy (non-hydrogen) atoms. The van der Waals surface area contributed by atoms with E-state index in [1.807, 2.05) is 19.2 Å². The number of amides is 1. The summed E-state index contributed by atoms with van der Waals surface area (Å²) in [7, 11) is 3.75. The first kappa shape index (κ1) is 12.9. The Labute approximate surface area is 108 Å². The molecule has 0 aliphatic carbocycles. The second-order valence-electron chi connectivity index (χ2n) is 4.67. The summed E-state index contributed by atoms with van der Waals surface area (Å²) in [6.45, 7) is 2.79. The van der Waals surface area contributed by atoms with Crippen molar-refractivity contribution in [2.45, 2.75) is 25.9 Å². The molecule has 0 radical (unpaired) electrons. The van der Waals surface area contributed by atoms with Crippen LogP contribution in [0.5, 0.6) is 5.75 Å². The van der Waals surface area contributed by atoms with Crippen molar-refractivity contribution in [2.24, 2.45) is 0 Å². The van der Waals surface area contributed by atoms with Gasteiger partial charge in [0, 0.05) is 7.05 Å². The van der Waals surface area contributed by atoms with Gasteiger partial charge in [0.2, 0.25) is 0 Å². The molecule has 1 heterocycles. The van der Waals surface area contributed by atoms with Gasteiger partial charge < -0.3 is 15.0 Å². The lowest BCUT2D eigenvalue weighted by Gasteiger charge is -2.30. The number of carbonyl (C=O) groups excluding carboxylic acids is 1. The van der Waals surface area contributed by atoms with Crippen LogP contribution < -0.4 is 15.0 Å². The molecule has 1 aliphatic heterocycles. The fraction of sp³-hybridized carbons (Fsp3) is 0.500. The van der Waals surface area contributed by atoms with Crippen molar-refractivity contribution < 1.29 is 9.53 Å². The summed E-state index contributed by atoms with van der Waals surface area (Å²) in [6.07, 6.45) is 1.72. The molecular weight excluding hydrogens is 228 g/mol. The Kier molecular flexibility index (Phi) is 3.87. The number of nitrogens with one attached hydrogen (secondary N) is 1. The maximum absolute atomic E-state index is 11.8. The van der Waals surface area contributed by atoms with Crippen LogP contribution in [0.25, 0.3) is 0 Å². The van der Waals surface area contributed by atoms with Crippen LogP contribution in [0.3, 0.4) is 0 Å². The number of rotatable bonds is 4. The van der Waals surface area contributed by atoms with Gasteiger partial charge in [-0.2, -0.15) is 0 Å². The average molecular weight is 248 g/mol. The van der Waals surface area contributed by atoms with Crippen molar-refractivity contribution in [1.82, 2.24) is 5.32 Å². The molecule has 1 N–H and O–H groups in total. The number of nitrogens with zero attached hydrogens (tertiary/aromatic N) is 1. The lowest BCUT2D eigenvalue weighted by atomic mass is 10.1. The van der Waals surface area contributed by atoms with Crippen LogP contribution in [0.2, 0.25) is 0 Å². The van der Waals surface area contributed by atoms with Gasteiger partial charge in [-0.3, -0.25) is 4.79 Å². The summed E-state index contributed by atoms with van der Waals surface area (Å²) < 4.78 is 5.65. The molecule has 98 valence electrons. The standard InChI is InChI=1S/C14H20N2O2/c1-10-14(17)16(3)12-7-6-11(5-4-8-15-2)9-13(12)18-10/h6-7,9-10,15H,4-5,8H2,1-3H3. The van der Waals surface area contributed by atoms with Crippen LogP contribution in [-0.2, 0) is 11.2 Å². The van der Waals surface area contributed by atoms with E-state index in [9.17, 15) is 4.79 Å². The van der Waals surface area contributed by atoms with Crippen molar-refractivity contribution in [3.8, 4) is 5.75 Å². The largest absolute Gasteiger partial charge is 0.479 e. The molecule has 4 heteroatoms. The Morgan fingerprint density at radius 3 is 2.94 bits per heavy atom. The fourth-order valence-corrected chi connectivity index (χ4v) is 2.19. The van der Waals surface area contributed by atoms with Crippen LogP contribution in [0.1, 0.15) is 18.9 Å². The van der Waals surface area contributed by atoms with E-state index in [0.29, 0.717) is 0 Å². The minimum absolute atomic E-state index is 0.00503. The Bertz CT molecular complexity index is 445. The van der Waals surface area contributed by atoms with Gasteiger partial charge in [0.1, 0.15) is 5.75 Å². The number of anilines is 1. The highest BCUT2D eigenvalue weighted by atomic mass is 16.5. The van der Waals surface area contributed by atoms with E-state index in [4.69, 9.17) is 4.74 Å². The van der Waals surface area contributed by atoms with Gasteiger partial charge >= 0.3 is 0 Å².